The third-order valence-corrected chi connectivity index (χ3v) is 5.91. The number of fused-ring (bicyclic) bond motifs is 3. The lowest BCUT2D eigenvalue weighted by atomic mass is 9.88. The van der Waals surface area contributed by atoms with Gasteiger partial charge in [-0.05, 0) is 19.1 Å². The van der Waals surface area contributed by atoms with Crippen molar-refractivity contribution in [3.05, 3.63) is 39.8 Å². The summed E-state index contributed by atoms with van der Waals surface area (Å²) in [7, 11) is 3.10. The highest BCUT2D eigenvalue weighted by atomic mass is 19.4. The number of hydrogen-bond acceptors (Lipinski definition) is 4. The summed E-state index contributed by atoms with van der Waals surface area (Å²) in [5.74, 6) is -1.19. The Labute approximate surface area is 167 Å². The van der Waals surface area contributed by atoms with E-state index >= 15 is 0 Å². The number of aliphatic hydroxyl groups is 1. The number of carbonyl (C=O) groups is 1. The van der Waals surface area contributed by atoms with E-state index in [0.717, 1.165) is 0 Å². The zero-order valence-corrected chi connectivity index (χ0v) is 16.7. The molecule has 9 heteroatoms. The molecular weight excluding hydrogens is 387 g/mol. The van der Waals surface area contributed by atoms with E-state index < -0.39 is 30.6 Å². The molecule has 2 aliphatic rings. The lowest BCUT2D eigenvalue weighted by Gasteiger charge is -2.32. The Kier molecular flexibility index (Phi) is 5.91. The summed E-state index contributed by atoms with van der Waals surface area (Å²) in [5, 5.41) is 10.0. The molecule has 1 aromatic heterocycles. The van der Waals surface area contributed by atoms with Crippen molar-refractivity contribution in [3.8, 4) is 0 Å². The number of aliphatic hydroxyl groups excluding tert-OH is 1. The number of hydrogen-bond donors (Lipinski definition) is 1. The Morgan fingerprint density at radius 1 is 1.34 bits per heavy atom. The van der Waals surface area contributed by atoms with E-state index in [0.29, 0.717) is 11.3 Å². The number of aromatic nitrogens is 1. The van der Waals surface area contributed by atoms with Crippen molar-refractivity contribution >= 4 is 12.0 Å². The topological polar surface area (TPSA) is 65.8 Å². The van der Waals surface area contributed by atoms with Gasteiger partial charge in [0.1, 0.15) is 0 Å². The SMILES string of the molecule is C/C=C/c1ccc2n(c1=O)C[C@H]1[C@H](CO)[C@@H](C(=O)N(C)C)N(CCC(F)(F)F)[C@@H]21. The third-order valence-electron chi connectivity index (χ3n) is 5.91. The lowest BCUT2D eigenvalue weighted by Crippen LogP contribution is -2.48. The summed E-state index contributed by atoms with van der Waals surface area (Å²) in [6.45, 7) is 1.37. The van der Waals surface area contributed by atoms with Crippen molar-refractivity contribution in [2.75, 3.05) is 27.2 Å². The molecule has 0 radical (unpaired) electrons. The molecule has 0 saturated carbocycles. The third kappa shape index (κ3) is 3.85. The van der Waals surface area contributed by atoms with Crippen LogP contribution in [0.15, 0.2) is 23.0 Å². The van der Waals surface area contributed by atoms with Gasteiger partial charge >= 0.3 is 6.18 Å². The largest absolute Gasteiger partial charge is 0.396 e. The van der Waals surface area contributed by atoms with Crippen LogP contribution < -0.4 is 5.56 Å². The van der Waals surface area contributed by atoms with Crippen LogP contribution in [0.5, 0.6) is 0 Å². The number of amides is 1. The molecule has 29 heavy (non-hydrogen) atoms. The van der Waals surface area contributed by atoms with E-state index in [-0.39, 0.29) is 37.1 Å². The van der Waals surface area contributed by atoms with Gasteiger partial charge in [0.25, 0.3) is 5.56 Å². The number of allylic oxidation sites excluding steroid dienone is 1. The summed E-state index contributed by atoms with van der Waals surface area (Å²) in [6.07, 6.45) is -2.00. The van der Waals surface area contributed by atoms with Crippen LogP contribution in [0.4, 0.5) is 13.2 Å². The highest BCUT2D eigenvalue weighted by molar-refractivity contribution is 5.82. The smallest absolute Gasteiger partial charge is 0.390 e. The molecule has 1 fully saturated rings. The predicted molar refractivity (Wildman–Crippen MR) is 102 cm³/mol. The minimum Gasteiger partial charge on any atom is -0.396 e. The fraction of sp³-hybridized carbons (Fsp3) is 0.600. The minimum absolute atomic E-state index is 0.210. The number of likely N-dealkylation sites (tertiary alicyclic amines) is 1. The molecule has 3 heterocycles. The average Bonchev–Trinajstić information content (AvgIpc) is 3.15. The van der Waals surface area contributed by atoms with Crippen LogP contribution in [0.25, 0.3) is 6.08 Å². The maximum absolute atomic E-state index is 13.0. The van der Waals surface area contributed by atoms with Crippen molar-refractivity contribution in [1.82, 2.24) is 14.4 Å². The van der Waals surface area contributed by atoms with Crippen molar-refractivity contribution < 1.29 is 23.1 Å². The van der Waals surface area contributed by atoms with E-state index in [1.807, 2.05) is 0 Å². The summed E-state index contributed by atoms with van der Waals surface area (Å²) >= 11 is 0. The number of carbonyl (C=O) groups excluding carboxylic acids is 1. The monoisotopic (exact) mass is 413 g/mol. The van der Waals surface area contributed by atoms with Gasteiger partial charge in [0, 0.05) is 56.9 Å². The molecule has 0 bridgehead atoms. The van der Waals surface area contributed by atoms with Gasteiger partial charge in [0.2, 0.25) is 5.91 Å². The van der Waals surface area contributed by atoms with Crippen molar-refractivity contribution in [3.63, 3.8) is 0 Å². The van der Waals surface area contributed by atoms with Gasteiger partial charge in [-0.15, -0.1) is 0 Å². The first-order valence-corrected chi connectivity index (χ1v) is 9.61. The van der Waals surface area contributed by atoms with Crippen LogP contribution in [0.2, 0.25) is 0 Å². The van der Waals surface area contributed by atoms with E-state index in [4.69, 9.17) is 0 Å². The highest BCUT2D eigenvalue weighted by Crippen LogP contribution is 2.49. The molecule has 0 aromatic carbocycles. The first-order valence-electron chi connectivity index (χ1n) is 9.61. The minimum atomic E-state index is -4.37. The van der Waals surface area contributed by atoms with Crippen LogP contribution in [0.1, 0.15) is 30.6 Å². The van der Waals surface area contributed by atoms with E-state index in [9.17, 15) is 27.9 Å². The Balaban J connectivity index is 2.07. The molecule has 0 aliphatic carbocycles. The zero-order chi connectivity index (χ0) is 21.5. The first-order chi connectivity index (χ1) is 13.6. The van der Waals surface area contributed by atoms with Crippen LogP contribution in [0.3, 0.4) is 0 Å². The Hall–Kier alpha value is -2.13. The molecule has 1 saturated heterocycles. The molecule has 1 aromatic rings. The second kappa shape index (κ2) is 7.95. The summed E-state index contributed by atoms with van der Waals surface area (Å²) in [5.41, 5.74) is 0.889. The van der Waals surface area contributed by atoms with Gasteiger partial charge in [-0.2, -0.15) is 13.2 Å². The van der Waals surface area contributed by atoms with Crippen LogP contribution in [0, 0.1) is 11.8 Å². The van der Waals surface area contributed by atoms with Gasteiger partial charge < -0.3 is 14.6 Å². The summed E-state index contributed by atoms with van der Waals surface area (Å²) < 4.78 is 40.5. The standard InChI is InChI=1S/C20H26F3N3O3/c1-4-5-12-6-7-15-16-13(10-26(15)18(12)28)14(11-27)17(19(29)24(2)3)25(16)9-8-20(21,22)23/h4-7,13-14,16-17,27H,8-11H2,1-3H3/b5-4+/t13-,14-,16+,17-/m0/s1. The lowest BCUT2D eigenvalue weighted by molar-refractivity contribution is -0.146. The van der Waals surface area contributed by atoms with Gasteiger partial charge in [0.15, 0.2) is 0 Å². The zero-order valence-electron chi connectivity index (χ0n) is 16.7. The normalized spacial score (nSPS) is 26.7. The van der Waals surface area contributed by atoms with E-state index in [1.54, 1.807) is 49.9 Å². The molecule has 2 aliphatic heterocycles. The van der Waals surface area contributed by atoms with Crippen molar-refractivity contribution in [2.45, 2.75) is 38.1 Å². The average molecular weight is 413 g/mol. The highest BCUT2D eigenvalue weighted by Gasteiger charge is 2.56. The van der Waals surface area contributed by atoms with Gasteiger partial charge in [0.05, 0.1) is 18.5 Å². The first kappa shape index (κ1) is 21.6. The van der Waals surface area contributed by atoms with Crippen LogP contribution in [-0.4, -0.2) is 64.8 Å². The quantitative estimate of drug-likeness (QED) is 0.801. The Bertz CT molecular complexity index is 863. The molecular formula is C20H26F3N3O3. The molecule has 4 atom stereocenters. The molecule has 160 valence electrons. The molecule has 1 amide bonds. The fourth-order valence-corrected chi connectivity index (χ4v) is 4.69. The number of nitrogens with zero attached hydrogens (tertiary/aromatic N) is 3. The Morgan fingerprint density at radius 2 is 2.03 bits per heavy atom. The molecule has 0 spiro atoms. The van der Waals surface area contributed by atoms with Gasteiger partial charge in [-0.3, -0.25) is 14.5 Å². The maximum Gasteiger partial charge on any atom is 0.390 e. The van der Waals surface area contributed by atoms with Crippen molar-refractivity contribution in [1.29, 1.82) is 0 Å². The van der Waals surface area contributed by atoms with E-state index in [1.165, 1.54) is 9.80 Å². The summed E-state index contributed by atoms with van der Waals surface area (Å²) in [4.78, 5) is 28.5. The Morgan fingerprint density at radius 3 is 2.59 bits per heavy atom. The molecule has 6 nitrogen and oxygen atoms in total. The molecule has 0 unspecified atom stereocenters. The second-order valence-corrected chi connectivity index (χ2v) is 7.86. The number of rotatable bonds is 5. The number of likely N-dealkylation sites (N-methyl/N-ethyl adjacent to an activating group) is 1. The molecule has 3 rings (SSSR count). The number of alkyl halides is 3. The van der Waals surface area contributed by atoms with Gasteiger partial charge in [-0.25, -0.2) is 0 Å². The van der Waals surface area contributed by atoms with Gasteiger partial charge in [-0.1, -0.05) is 12.2 Å². The van der Waals surface area contributed by atoms with Crippen LogP contribution >= 0.6 is 0 Å². The van der Waals surface area contributed by atoms with Crippen molar-refractivity contribution in [2.24, 2.45) is 11.8 Å². The summed E-state index contributed by atoms with van der Waals surface area (Å²) in [6, 6.07) is 2.04. The van der Waals surface area contributed by atoms with E-state index in [2.05, 4.69) is 0 Å². The number of pyridine rings is 1. The predicted octanol–water partition coefficient (Wildman–Crippen LogP) is 1.89. The van der Waals surface area contributed by atoms with Crippen LogP contribution in [-0.2, 0) is 11.3 Å². The fourth-order valence-electron chi connectivity index (χ4n) is 4.69. The maximum atomic E-state index is 13.0. The molecule has 1 N–H and O–H groups in total. The second-order valence-electron chi connectivity index (χ2n) is 7.86. The number of halogens is 3.